The lowest BCUT2D eigenvalue weighted by atomic mass is 10.1. The van der Waals surface area contributed by atoms with Crippen molar-refractivity contribution in [2.75, 3.05) is 19.9 Å². The Hall–Kier alpha value is -2.12. The monoisotopic (exact) mass is 350 g/mol. The van der Waals surface area contributed by atoms with E-state index in [0.717, 1.165) is 12.0 Å². The molecule has 1 aromatic carbocycles. The topological polar surface area (TPSA) is 114 Å². The van der Waals surface area contributed by atoms with E-state index in [1.54, 1.807) is 26.0 Å². The van der Waals surface area contributed by atoms with Crippen molar-refractivity contribution < 1.29 is 23.8 Å². The maximum absolute atomic E-state index is 12.2. The second-order valence-electron chi connectivity index (χ2n) is 6.76. The summed E-state index contributed by atoms with van der Waals surface area (Å²) in [6.07, 6.45) is 2.21. The molecule has 1 fully saturated rings. The first kappa shape index (κ1) is 19.2. The molecule has 1 aliphatic carbocycles. The SMILES string of the molecule is CC(C)(Oc1ccc(CCN)cc1)C(=O)OCOC(=O)C1(CN)CC1. The summed E-state index contributed by atoms with van der Waals surface area (Å²) in [6.45, 7) is 3.55. The Balaban J connectivity index is 1.81. The predicted octanol–water partition coefficient (Wildman–Crippen LogP) is 1.13. The highest BCUT2D eigenvalue weighted by atomic mass is 16.7. The van der Waals surface area contributed by atoms with Gasteiger partial charge in [-0.1, -0.05) is 12.1 Å². The minimum absolute atomic E-state index is 0.245. The second-order valence-corrected chi connectivity index (χ2v) is 6.76. The van der Waals surface area contributed by atoms with Crippen LogP contribution in [0.2, 0.25) is 0 Å². The van der Waals surface area contributed by atoms with Gasteiger partial charge in [0.15, 0.2) is 5.60 Å². The van der Waals surface area contributed by atoms with Crippen molar-refractivity contribution in [1.82, 2.24) is 0 Å². The molecule has 7 heteroatoms. The summed E-state index contributed by atoms with van der Waals surface area (Å²) in [6, 6.07) is 7.34. The minimum Gasteiger partial charge on any atom is -0.476 e. The average molecular weight is 350 g/mol. The van der Waals surface area contributed by atoms with Gasteiger partial charge < -0.3 is 25.7 Å². The molecular formula is C18H26N2O5. The van der Waals surface area contributed by atoms with Crippen LogP contribution in [0, 0.1) is 5.41 Å². The smallest absolute Gasteiger partial charge is 0.352 e. The molecule has 1 aliphatic rings. The van der Waals surface area contributed by atoms with Gasteiger partial charge in [0.05, 0.1) is 5.41 Å². The summed E-state index contributed by atoms with van der Waals surface area (Å²) in [5, 5.41) is 0. The van der Waals surface area contributed by atoms with Gasteiger partial charge in [0.2, 0.25) is 6.79 Å². The van der Waals surface area contributed by atoms with Crippen LogP contribution in [0.15, 0.2) is 24.3 Å². The quantitative estimate of drug-likeness (QED) is 0.507. The van der Waals surface area contributed by atoms with Crippen LogP contribution in [0.3, 0.4) is 0 Å². The molecule has 25 heavy (non-hydrogen) atoms. The molecule has 0 amide bonds. The third-order valence-corrected chi connectivity index (χ3v) is 4.28. The van der Waals surface area contributed by atoms with E-state index < -0.39 is 29.7 Å². The van der Waals surface area contributed by atoms with E-state index in [4.69, 9.17) is 25.7 Å². The van der Waals surface area contributed by atoms with Crippen LogP contribution in [0.25, 0.3) is 0 Å². The summed E-state index contributed by atoms with van der Waals surface area (Å²) < 4.78 is 15.7. The van der Waals surface area contributed by atoms with E-state index in [2.05, 4.69) is 0 Å². The normalized spacial score (nSPS) is 15.4. The number of carbonyl (C=O) groups is 2. The first-order valence-electron chi connectivity index (χ1n) is 8.35. The zero-order valence-corrected chi connectivity index (χ0v) is 14.7. The molecule has 0 saturated heterocycles. The highest BCUT2D eigenvalue weighted by molar-refractivity contribution is 5.81. The molecule has 0 aromatic heterocycles. The van der Waals surface area contributed by atoms with E-state index in [9.17, 15) is 9.59 Å². The van der Waals surface area contributed by atoms with Crippen molar-refractivity contribution >= 4 is 11.9 Å². The number of hydrogen-bond donors (Lipinski definition) is 2. The van der Waals surface area contributed by atoms with Crippen LogP contribution in [0.5, 0.6) is 5.75 Å². The number of ether oxygens (including phenoxy) is 3. The molecule has 7 nitrogen and oxygen atoms in total. The molecule has 138 valence electrons. The van der Waals surface area contributed by atoms with E-state index >= 15 is 0 Å². The lowest BCUT2D eigenvalue weighted by Gasteiger charge is -2.24. The van der Waals surface area contributed by atoms with Crippen molar-refractivity contribution in [3.8, 4) is 5.75 Å². The van der Waals surface area contributed by atoms with Gasteiger partial charge in [-0.05, 0) is 57.4 Å². The lowest BCUT2D eigenvalue weighted by Crippen LogP contribution is -2.40. The molecule has 0 bridgehead atoms. The first-order valence-corrected chi connectivity index (χ1v) is 8.35. The van der Waals surface area contributed by atoms with Crippen LogP contribution in [-0.2, 0) is 25.5 Å². The minimum atomic E-state index is -1.22. The second kappa shape index (κ2) is 7.84. The summed E-state index contributed by atoms with van der Waals surface area (Å²) >= 11 is 0. The van der Waals surface area contributed by atoms with Crippen molar-refractivity contribution in [2.45, 2.75) is 38.7 Å². The summed E-state index contributed by atoms with van der Waals surface area (Å²) in [4.78, 5) is 24.0. The molecule has 1 saturated carbocycles. The number of carbonyl (C=O) groups excluding carboxylic acids is 2. The first-order chi connectivity index (χ1) is 11.8. The van der Waals surface area contributed by atoms with Gasteiger partial charge in [-0.2, -0.15) is 0 Å². The fraction of sp³-hybridized carbons (Fsp3) is 0.556. The average Bonchev–Trinajstić information content (AvgIpc) is 3.37. The fourth-order valence-electron chi connectivity index (χ4n) is 2.33. The zero-order chi connectivity index (χ0) is 18.5. The maximum Gasteiger partial charge on any atom is 0.352 e. The van der Waals surface area contributed by atoms with Gasteiger partial charge in [0, 0.05) is 6.54 Å². The Morgan fingerprint density at radius 2 is 1.76 bits per heavy atom. The summed E-state index contributed by atoms with van der Waals surface area (Å²) in [5.41, 5.74) is 10.4. The third-order valence-electron chi connectivity index (χ3n) is 4.28. The number of esters is 2. The van der Waals surface area contributed by atoms with Gasteiger partial charge in [0.25, 0.3) is 0 Å². The van der Waals surface area contributed by atoms with Crippen molar-refractivity contribution in [1.29, 1.82) is 0 Å². The van der Waals surface area contributed by atoms with Crippen LogP contribution in [0.1, 0.15) is 32.3 Å². The fourth-order valence-corrected chi connectivity index (χ4v) is 2.33. The Morgan fingerprint density at radius 1 is 1.12 bits per heavy atom. The number of benzene rings is 1. The highest BCUT2D eigenvalue weighted by Gasteiger charge is 2.50. The molecule has 4 N–H and O–H groups in total. The van der Waals surface area contributed by atoms with Gasteiger partial charge in [0.1, 0.15) is 5.75 Å². The number of hydrogen-bond acceptors (Lipinski definition) is 7. The lowest BCUT2D eigenvalue weighted by molar-refractivity contribution is -0.180. The Morgan fingerprint density at radius 3 is 2.28 bits per heavy atom. The van der Waals surface area contributed by atoms with Crippen LogP contribution < -0.4 is 16.2 Å². The van der Waals surface area contributed by atoms with Crippen molar-refractivity contribution in [3.05, 3.63) is 29.8 Å². The van der Waals surface area contributed by atoms with E-state index in [1.165, 1.54) is 0 Å². The molecule has 0 atom stereocenters. The van der Waals surface area contributed by atoms with E-state index in [0.29, 0.717) is 25.1 Å². The molecule has 0 aliphatic heterocycles. The largest absolute Gasteiger partial charge is 0.476 e. The molecule has 0 heterocycles. The van der Waals surface area contributed by atoms with Crippen LogP contribution in [0.4, 0.5) is 0 Å². The molecule has 0 radical (unpaired) electrons. The van der Waals surface area contributed by atoms with Gasteiger partial charge in [-0.25, -0.2) is 4.79 Å². The number of rotatable bonds is 9. The molecule has 0 unspecified atom stereocenters. The Kier molecular flexibility index (Phi) is 6.02. The van der Waals surface area contributed by atoms with Crippen LogP contribution in [-0.4, -0.2) is 37.4 Å². The van der Waals surface area contributed by atoms with Gasteiger partial charge in [-0.15, -0.1) is 0 Å². The van der Waals surface area contributed by atoms with E-state index in [1.807, 2.05) is 12.1 Å². The standard InChI is InChI=1S/C18H26N2O5/c1-17(2,25-14-5-3-13(4-6-14)7-10-19)15(21)23-12-24-16(22)18(11-20)8-9-18/h3-6H,7-12,19-20H2,1-2H3. The Bertz CT molecular complexity index is 608. The summed E-state index contributed by atoms with van der Waals surface area (Å²) in [7, 11) is 0. The summed E-state index contributed by atoms with van der Waals surface area (Å²) in [5.74, 6) is -0.499. The highest BCUT2D eigenvalue weighted by Crippen LogP contribution is 2.45. The molecular weight excluding hydrogens is 324 g/mol. The van der Waals surface area contributed by atoms with Gasteiger partial charge in [-0.3, -0.25) is 4.79 Å². The van der Waals surface area contributed by atoms with Crippen molar-refractivity contribution in [2.24, 2.45) is 16.9 Å². The molecule has 2 rings (SSSR count). The Labute approximate surface area is 147 Å². The molecule has 1 aromatic rings. The van der Waals surface area contributed by atoms with Gasteiger partial charge >= 0.3 is 11.9 Å². The third kappa shape index (κ3) is 4.93. The predicted molar refractivity (Wildman–Crippen MR) is 91.7 cm³/mol. The van der Waals surface area contributed by atoms with Crippen LogP contribution >= 0.6 is 0 Å². The van der Waals surface area contributed by atoms with Crippen molar-refractivity contribution in [3.63, 3.8) is 0 Å². The maximum atomic E-state index is 12.2. The number of nitrogens with two attached hydrogens (primary N) is 2. The molecule has 0 spiro atoms. The zero-order valence-electron chi connectivity index (χ0n) is 14.7. The van der Waals surface area contributed by atoms with E-state index in [-0.39, 0.29) is 6.54 Å².